The molecule has 1 aromatic carbocycles. The number of methoxy groups -OCH3 is 1. The molecule has 8 heteroatoms. The molecule has 0 spiro atoms. The second kappa shape index (κ2) is 9.60. The third-order valence-corrected chi connectivity index (χ3v) is 4.59. The fourth-order valence-corrected chi connectivity index (χ4v) is 3.18. The largest absolute Gasteiger partial charge is 0.465 e. The Morgan fingerprint density at radius 3 is 2.88 bits per heavy atom. The molecule has 1 unspecified atom stereocenters. The maximum absolute atomic E-state index is 12.0. The summed E-state index contributed by atoms with van der Waals surface area (Å²) < 4.78 is 4.62. The van der Waals surface area contributed by atoms with E-state index in [-0.39, 0.29) is 29.3 Å². The molecule has 2 amide bonds. The maximum atomic E-state index is 12.0. The van der Waals surface area contributed by atoms with Gasteiger partial charge in [-0.15, -0.1) is 0 Å². The highest BCUT2D eigenvalue weighted by Crippen LogP contribution is 2.21. The van der Waals surface area contributed by atoms with Crippen molar-refractivity contribution in [1.82, 2.24) is 10.2 Å². The molecule has 25 heavy (non-hydrogen) atoms. The number of halogens is 1. The normalized spacial score (nSPS) is 17.8. The quantitative estimate of drug-likeness (QED) is 0.668. The van der Waals surface area contributed by atoms with Crippen LogP contribution in [0, 0.1) is 0 Å². The minimum Gasteiger partial charge on any atom is -0.465 e. The number of aliphatic hydroxyl groups is 1. The van der Waals surface area contributed by atoms with Crippen LogP contribution in [-0.4, -0.2) is 61.4 Å². The molecule has 1 saturated heterocycles. The van der Waals surface area contributed by atoms with Gasteiger partial charge in [0.1, 0.15) is 0 Å². The number of amides is 2. The number of hydrogen-bond acceptors (Lipinski definition) is 5. The number of benzene rings is 1. The van der Waals surface area contributed by atoms with Gasteiger partial charge in [-0.3, -0.25) is 4.90 Å². The lowest BCUT2D eigenvalue weighted by atomic mass is 10.0. The third kappa shape index (κ3) is 5.59. The standard InChI is InChI=1S/C17H24ClN3O4/c1-25-16(23)14-6-5-12(10-15(14)18)20-17(24)19-7-9-21-8-3-2-4-13(21)11-22/h5-6,10,13,22H,2-4,7-9,11H2,1H3,(H2,19,20,24). The Kier molecular flexibility index (Phi) is 7.49. The Hall–Kier alpha value is -1.83. The van der Waals surface area contributed by atoms with E-state index in [0.29, 0.717) is 18.8 Å². The SMILES string of the molecule is COC(=O)c1ccc(NC(=O)NCCN2CCCCC2CO)cc1Cl. The Morgan fingerprint density at radius 1 is 1.40 bits per heavy atom. The lowest BCUT2D eigenvalue weighted by Gasteiger charge is -2.34. The van der Waals surface area contributed by atoms with E-state index in [4.69, 9.17) is 11.6 Å². The molecule has 0 bridgehead atoms. The molecular weight excluding hydrogens is 346 g/mol. The Labute approximate surface area is 152 Å². The Bertz CT molecular complexity index is 612. The van der Waals surface area contributed by atoms with E-state index in [1.807, 2.05) is 0 Å². The van der Waals surface area contributed by atoms with Gasteiger partial charge in [0.2, 0.25) is 0 Å². The lowest BCUT2D eigenvalue weighted by Crippen LogP contribution is -2.46. The molecule has 1 heterocycles. The van der Waals surface area contributed by atoms with Gasteiger partial charge < -0.3 is 20.5 Å². The van der Waals surface area contributed by atoms with Crippen LogP contribution < -0.4 is 10.6 Å². The molecule has 3 N–H and O–H groups in total. The minimum absolute atomic E-state index is 0.150. The summed E-state index contributed by atoms with van der Waals surface area (Å²) in [6.45, 7) is 2.27. The molecule has 0 aromatic heterocycles. The van der Waals surface area contributed by atoms with Crippen LogP contribution in [0.15, 0.2) is 18.2 Å². The number of nitrogens with zero attached hydrogens (tertiary/aromatic N) is 1. The second-order valence-corrected chi connectivity index (χ2v) is 6.34. The average molecular weight is 370 g/mol. The number of ether oxygens (including phenoxy) is 1. The van der Waals surface area contributed by atoms with Gasteiger partial charge in [0.15, 0.2) is 0 Å². The maximum Gasteiger partial charge on any atom is 0.339 e. The number of carbonyl (C=O) groups is 2. The summed E-state index contributed by atoms with van der Waals surface area (Å²) in [7, 11) is 1.28. The van der Waals surface area contributed by atoms with E-state index < -0.39 is 5.97 Å². The Morgan fingerprint density at radius 2 is 2.20 bits per heavy atom. The summed E-state index contributed by atoms with van der Waals surface area (Å²) in [5.41, 5.74) is 0.733. The van der Waals surface area contributed by atoms with E-state index in [9.17, 15) is 14.7 Å². The van der Waals surface area contributed by atoms with Crippen LogP contribution in [0.25, 0.3) is 0 Å². The van der Waals surface area contributed by atoms with Gasteiger partial charge in [-0.25, -0.2) is 9.59 Å². The van der Waals surface area contributed by atoms with E-state index in [1.54, 1.807) is 6.07 Å². The summed E-state index contributed by atoms with van der Waals surface area (Å²) in [5, 5.41) is 15.1. The van der Waals surface area contributed by atoms with Crippen LogP contribution in [0.5, 0.6) is 0 Å². The topological polar surface area (TPSA) is 90.9 Å². The molecule has 1 aromatic rings. The van der Waals surface area contributed by atoms with Gasteiger partial charge in [0.05, 0.1) is 24.3 Å². The number of anilines is 1. The van der Waals surface area contributed by atoms with Crippen molar-refractivity contribution < 1.29 is 19.4 Å². The van der Waals surface area contributed by atoms with E-state index in [1.165, 1.54) is 19.2 Å². The Balaban J connectivity index is 1.80. The number of rotatable bonds is 6. The van der Waals surface area contributed by atoms with E-state index >= 15 is 0 Å². The predicted molar refractivity (Wildman–Crippen MR) is 96.1 cm³/mol. The smallest absolute Gasteiger partial charge is 0.339 e. The number of urea groups is 1. The highest BCUT2D eigenvalue weighted by Gasteiger charge is 2.21. The number of aliphatic hydroxyl groups excluding tert-OH is 1. The number of hydrogen-bond donors (Lipinski definition) is 3. The average Bonchev–Trinajstić information content (AvgIpc) is 2.61. The molecular formula is C17H24ClN3O4. The zero-order valence-electron chi connectivity index (χ0n) is 14.3. The van der Waals surface area contributed by atoms with Crippen LogP contribution in [0.4, 0.5) is 10.5 Å². The first-order valence-electron chi connectivity index (χ1n) is 8.32. The van der Waals surface area contributed by atoms with Crippen molar-refractivity contribution in [3.05, 3.63) is 28.8 Å². The molecule has 138 valence electrons. The zero-order valence-corrected chi connectivity index (χ0v) is 15.0. The summed E-state index contributed by atoms with van der Waals surface area (Å²) in [6.07, 6.45) is 3.25. The van der Waals surface area contributed by atoms with Crippen molar-refractivity contribution in [1.29, 1.82) is 0 Å². The molecule has 1 aliphatic heterocycles. The van der Waals surface area contributed by atoms with E-state index in [2.05, 4.69) is 20.3 Å². The molecule has 1 atom stereocenters. The molecule has 0 aliphatic carbocycles. The number of piperidine rings is 1. The van der Waals surface area contributed by atoms with Crippen LogP contribution in [0.1, 0.15) is 29.6 Å². The first-order valence-corrected chi connectivity index (χ1v) is 8.70. The molecule has 2 rings (SSSR count). The monoisotopic (exact) mass is 369 g/mol. The van der Waals surface area contributed by atoms with Gasteiger partial charge in [0.25, 0.3) is 0 Å². The van der Waals surface area contributed by atoms with Crippen molar-refractivity contribution in [2.75, 3.05) is 38.7 Å². The molecule has 1 fully saturated rings. The number of likely N-dealkylation sites (tertiary alicyclic amines) is 1. The van der Waals surface area contributed by atoms with Crippen molar-refractivity contribution in [2.45, 2.75) is 25.3 Å². The number of esters is 1. The first kappa shape index (κ1) is 19.5. The summed E-state index contributed by atoms with van der Waals surface area (Å²) in [5.74, 6) is -0.527. The number of nitrogens with one attached hydrogen (secondary N) is 2. The van der Waals surface area contributed by atoms with Gasteiger partial charge in [-0.1, -0.05) is 18.0 Å². The summed E-state index contributed by atoms with van der Waals surface area (Å²) in [6, 6.07) is 4.43. The lowest BCUT2D eigenvalue weighted by molar-refractivity contribution is 0.0601. The van der Waals surface area contributed by atoms with Crippen LogP contribution in [0.2, 0.25) is 5.02 Å². The van der Waals surface area contributed by atoms with Crippen molar-refractivity contribution >= 4 is 29.3 Å². The van der Waals surface area contributed by atoms with Crippen LogP contribution >= 0.6 is 11.6 Å². The third-order valence-electron chi connectivity index (χ3n) is 4.28. The van der Waals surface area contributed by atoms with Crippen LogP contribution in [-0.2, 0) is 4.74 Å². The zero-order chi connectivity index (χ0) is 18.2. The van der Waals surface area contributed by atoms with Gasteiger partial charge in [0, 0.05) is 24.8 Å². The minimum atomic E-state index is -0.527. The molecule has 0 radical (unpaired) electrons. The molecule has 7 nitrogen and oxygen atoms in total. The van der Waals surface area contributed by atoms with Gasteiger partial charge in [-0.05, 0) is 37.6 Å². The van der Waals surface area contributed by atoms with Gasteiger partial charge in [-0.2, -0.15) is 0 Å². The van der Waals surface area contributed by atoms with Gasteiger partial charge >= 0.3 is 12.0 Å². The van der Waals surface area contributed by atoms with Crippen LogP contribution in [0.3, 0.4) is 0 Å². The molecule has 0 saturated carbocycles. The highest BCUT2D eigenvalue weighted by atomic mass is 35.5. The number of carbonyl (C=O) groups excluding carboxylic acids is 2. The summed E-state index contributed by atoms with van der Waals surface area (Å²) >= 11 is 6.02. The van der Waals surface area contributed by atoms with Crippen molar-refractivity contribution in [3.63, 3.8) is 0 Å². The van der Waals surface area contributed by atoms with E-state index in [0.717, 1.165) is 25.8 Å². The highest BCUT2D eigenvalue weighted by molar-refractivity contribution is 6.33. The van der Waals surface area contributed by atoms with Crippen molar-refractivity contribution in [2.24, 2.45) is 0 Å². The predicted octanol–water partition coefficient (Wildman–Crippen LogP) is 2.09. The fourth-order valence-electron chi connectivity index (χ4n) is 2.92. The van der Waals surface area contributed by atoms with Crippen molar-refractivity contribution in [3.8, 4) is 0 Å². The fraction of sp³-hybridized carbons (Fsp3) is 0.529. The molecule has 1 aliphatic rings. The first-order chi connectivity index (χ1) is 12.0. The second-order valence-electron chi connectivity index (χ2n) is 5.94. The summed E-state index contributed by atoms with van der Waals surface area (Å²) in [4.78, 5) is 25.6.